The van der Waals surface area contributed by atoms with Crippen molar-refractivity contribution < 1.29 is 13.2 Å². The highest BCUT2D eigenvalue weighted by Gasteiger charge is 2.21. The number of anilines is 1. The average molecular weight is 304 g/mol. The Morgan fingerprint density at radius 2 is 1.86 bits per heavy atom. The van der Waals surface area contributed by atoms with Crippen LogP contribution in [-0.2, 0) is 0 Å². The largest absolute Gasteiger partial charge is 0.440 e. The van der Waals surface area contributed by atoms with Crippen LogP contribution in [-0.4, -0.2) is 36.1 Å². The standard InChI is InChI=1S/C15H14F2N4O/c1-8-19-13-14(22-8)9-6-10(16)11(17)7-12(9)20-15(13)21-4-2-18-3-5-21/h6-7,18H,2-5H2,1H3. The van der Waals surface area contributed by atoms with Gasteiger partial charge in [0.1, 0.15) is 0 Å². The first-order valence-electron chi connectivity index (χ1n) is 7.15. The molecule has 4 rings (SSSR count). The van der Waals surface area contributed by atoms with E-state index < -0.39 is 11.6 Å². The lowest BCUT2D eigenvalue weighted by Crippen LogP contribution is -2.44. The number of pyridine rings is 1. The number of aryl methyl sites for hydroxylation is 1. The van der Waals surface area contributed by atoms with Gasteiger partial charge in [0.2, 0.25) is 0 Å². The van der Waals surface area contributed by atoms with E-state index in [-0.39, 0.29) is 0 Å². The molecule has 0 aliphatic carbocycles. The molecule has 0 bridgehead atoms. The number of aromatic nitrogens is 2. The molecule has 0 atom stereocenters. The number of hydrogen-bond donors (Lipinski definition) is 1. The van der Waals surface area contributed by atoms with Gasteiger partial charge in [-0.3, -0.25) is 0 Å². The van der Waals surface area contributed by atoms with Gasteiger partial charge in [-0.25, -0.2) is 18.7 Å². The minimum atomic E-state index is -0.917. The van der Waals surface area contributed by atoms with Gasteiger partial charge in [0.25, 0.3) is 0 Å². The molecule has 0 spiro atoms. The summed E-state index contributed by atoms with van der Waals surface area (Å²) in [5.74, 6) is -0.696. The predicted molar refractivity (Wildman–Crippen MR) is 79.0 cm³/mol. The van der Waals surface area contributed by atoms with Crippen LogP contribution >= 0.6 is 0 Å². The molecular weight excluding hydrogens is 290 g/mol. The molecule has 114 valence electrons. The fourth-order valence-corrected chi connectivity index (χ4v) is 2.84. The summed E-state index contributed by atoms with van der Waals surface area (Å²) in [4.78, 5) is 11.0. The maximum Gasteiger partial charge on any atom is 0.192 e. The number of piperazine rings is 1. The SMILES string of the molecule is Cc1nc2c(N3CCNCC3)nc3cc(F)c(F)cc3c2o1. The zero-order chi connectivity index (χ0) is 15.3. The van der Waals surface area contributed by atoms with E-state index >= 15 is 0 Å². The van der Waals surface area contributed by atoms with Crippen molar-refractivity contribution in [2.75, 3.05) is 31.1 Å². The Morgan fingerprint density at radius 1 is 1.14 bits per heavy atom. The van der Waals surface area contributed by atoms with E-state index in [1.165, 1.54) is 0 Å². The molecule has 22 heavy (non-hydrogen) atoms. The molecular formula is C15H14F2N4O. The quantitative estimate of drug-likeness (QED) is 0.748. The number of nitrogens with zero attached hydrogens (tertiary/aromatic N) is 3. The van der Waals surface area contributed by atoms with Gasteiger partial charge in [-0.05, 0) is 6.07 Å². The molecule has 3 heterocycles. The molecule has 0 amide bonds. The summed E-state index contributed by atoms with van der Waals surface area (Å²) in [5.41, 5.74) is 1.42. The van der Waals surface area contributed by atoms with E-state index in [1.54, 1.807) is 6.92 Å². The highest BCUT2D eigenvalue weighted by molar-refractivity contribution is 6.05. The Bertz CT molecular complexity index is 871. The molecule has 1 aromatic carbocycles. The molecule has 5 nitrogen and oxygen atoms in total. The van der Waals surface area contributed by atoms with Gasteiger partial charge < -0.3 is 14.6 Å². The Labute approximate surface area is 124 Å². The van der Waals surface area contributed by atoms with Crippen LogP contribution in [0, 0.1) is 18.6 Å². The summed E-state index contributed by atoms with van der Waals surface area (Å²) in [6.07, 6.45) is 0. The first kappa shape index (κ1) is 13.4. The predicted octanol–water partition coefficient (Wildman–Crippen LogP) is 2.37. The lowest BCUT2D eigenvalue weighted by molar-refractivity contribution is 0.510. The Hall–Kier alpha value is -2.28. The third-order valence-corrected chi connectivity index (χ3v) is 3.87. The van der Waals surface area contributed by atoms with Gasteiger partial charge >= 0.3 is 0 Å². The first-order chi connectivity index (χ1) is 10.6. The van der Waals surface area contributed by atoms with Crippen LogP contribution in [0.4, 0.5) is 14.6 Å². The van der Waals surface area contributed by atoms with E-state index in [1.807, 2.05) is 0 Å². The summed E-state index contributed by atoms with van der Waals surface area (Å²) in [6.45, 7) is 4.98. The monoisotopic (exact) mass is 304 g/mol. The zero-order valence-electron chi connectivity index (χ0n) is 12.0. The molecule has 7 heteroatoms. The second kappa shape index (κ2) is 4.88. The highest BCUT2D eigenvalue weighted by atomic mass is 19.2. The minimum Gasteiger partial charge on any atom is -0.440 e. The summed E-state index contributed by atoms with van der Waals surface area (Å²) in [5, 5.41) is 3.71. The molecule has 1 saturated heterocycles. The number of halogens is 2. The van der Waals surface area contributed by atoms with Crippen LogP contribution in [0.15, 0.2) is 16.5 Å². The van der Waals surface area contributed by atoms with Crippen molar-refractivity contribution in [2.24, 2.45) is 0 Å². The molecule has 2 aromatic heterocycles. The van der Waals surface area contributed by atoms with Gasteiger partial charge in [-0.15, -0.1) is 0 Å². The van der Waals surface area contributed by atoms with Gasteiger partial charge in [0.15, 0.2) is 34.4 Å². The summed E-state index contributed by atoms with van der Waals surface area (Å²) in [7, 11) is 0. The van der Waals surface area contributed by atoms with Gasteiger partial charge in [0.05, 0.1) is 5.52 Å². The zero-order valence-corrected chi connectivity index (χ0v) is 12.0. The second-order valence-electron chi connectivity index (χ2n) is 5.37. The fraction of sp³-hybridized carbons (Fsp3) is 0.333. The third-order valence-electron chi connectivity index (χ3n) is 3.87. The third kappa shape index (κ3) is 2.00. The van der Waals surface area contributed by atoms with E-state index in [0.29, 0.717) is 33.7 Å². The molecule has 0 radical (unpaired) electrons. The number of rotatable bonds is 1. The van der Waals surface area contributed by atoms with Crippen LogP contribution in [0.2, 0.25) is 0 Å². The van der Waals surface area contributed by atoms with Crippen molar-refractivity contribution in [1.29, 1.82) is 0 Å². The van der Waals surface area contributed by atoms with Gasteiger partial charge in [-0.2, -0.15) is 0 Å². The van der Waals surface area contributed by atoms with Gasteiger partial charge in [-0.1, -0.05) is 0 Å². The Kier molecular flexibility index (Phi) is 2.97. The molecule has 1 aliphatic heterocycles. The van der Waals surface area contributed by atoms with Crippen LogP contribution < -0.4 is 10.2 Å². The van der Waals surface area contributed by atoms with Gasteiger partial charge in [0, 0.05) is 44.6 Å². The van der Waals surface area contributed by atoms with Crippen molar-refractivity contribution in [2.45, 2.75) is 6.92 Å². The van der Waals surface area contributed by atoms with E-state index in [9.17, 15) is 8.78 Å². The van der Waals surface area contributed by atoms with Crippen molar-refractivity contribution >= 4 is 27.8 Å². The molecule has 0 saturated carbocycles. The molecule has 1 fully saturated rings. The number of nitrogens with one attached hydrogen (secondary N) is 1. The van der Waals surface area contributed by atoms with Crippen LogP contribution in [0.1, 0.15) is 5.89 Å². The number of fused-ring (bicyclic) bond motifs is 3. The lowest BCUT2D eigenvalue weighted by Gasteiger charge is -2.28. The number of benzene rings is 1. The summed E-state index contributed by atoms with van der Waals surface area (Å²) < 4.78 is 32.7. The maximum atomic E-state index is 13.6. The van der Waals surface area contributed by atoms with Crippen molar-refractivity contribution in [3.63, 3.8) is 0 Å². The Morgan fingerprint density at radius 3 is 2.64 bits per heavy atom. The minimum absolute atomic E-state index is 0.371. The Balaban J connectivity index is 2.03. The average Bonchev–Trinajstić information content (AvgIpc) is 2.91. The van der Waals surface area contributed by atoms with E-state index in [2.05, 4.69) is 20.2 Å². The van der Waals surface area contributed by atoms with Crippen molar-refractivity contribution in [3.8, 4) is 0 Å². The molecule has 1 aliphatic rings. The normalized spacial score (nSPS) is 15.9. The van der Waals surface area contributed by atoms with Crippen LogP contribution in [0.5, 0.6) is 0 Å². The van der Waals surface area contributed by atoms with Crippen molar-refractivity contribution in [1.82, 2.24) is 15.3 Å². The van der Waals surface area contributed by atoms with Crippen molar-refractivity contribution in [3.05, 3.63) is 29.7 Å². The van der Waals surface area contributed by atoms with Crippen LogP contribution in [0.25, 0.3) is 22.0 Å². The maximum absolute atomic E-state index is 13.6. The summed E-state index contributed by atoms with van der Waals surface area (Å²) in [6, 6.07) is 2.22. The molecule has 1 N–H and O–H groups in total. The smallest absolute Gasteiger partial charge is 0.192 e. The number of oxazole rings is 1. The van der Waals surface area contributed by atoms with Crippen LogP contribution in [0.3, 0.4) is 0 Å². The lowest BCUT2D eigenvalue weighted by atomic mass is 10.1. The second-order valence-corrected chi connectivity index (χ2v) is 5.37. The van der Waals surface area contributed by atoms with E-state index in [0.717, 1.165) is 38.3 Å². The first-order valence-corrected chi connectivity index (χ1v) is 7.15. The number of hydrogen-bond acceptors (Lipinski definition) is 5. The molecule has 3 aromatic rings. The molecule has 0 unspecified atom stereocenters. The highest BCUT2D eigenvalue weighted by Crippen LogP contribution is 2.32. The fourth-order valence-electron chi connectivity index (χ4n) is 2.84. The summed E-state index contributed by atoms with van der Waals surface area (Å²) >= 11 is 0. The van der Waals surface area contributed by atoms with E-state index in [4.69, 9.17) is 4.42 Å². The topological polar surface area (TPSA) is 54.2 Å².